The summed E-state index contributed by atoms with van der Waals surface area (Å²) in [6.07, 6.45) is -0.342. The van der Waals surface area contributed by atoms with E-state index in [2.05, 4.69) is 16.0 Å². The van der Waals surface area contributed by atoms with Crippen molar-refractivity contribution in [2.24, 2.45) is 0 Å². The number of aliphatic hydroxyl groups excluding tert-OH is 1. The van der Waals surface area contributed by atoms with Gasteiger partial charge in [0.15, 0.2) is 18.1 Å². The number of hydrogen-bond acceptors (Lipinski definition) is 6. The maximum absolute atomic E-state index is 12.1. The van der Waals surface area contributed by atoms with Gasteiger partial charge in [0.25, 0.3) is 5.91 Å². The second-order valence-corrected chi connectivity index (χ2v) is 6.92. The zero-order chi connectivity index (χ0) is 21.1. The molecule has 2 aromatic rings. The fourth-order valence-corrected chi connectivity index (χ4v) is 2.64. The molecule has 0 fully saturated rings. The van der Waals surface area contributed by atoms with Crippen molar-refractivity contribution in [3.8, 4) is 11.5 Å². The van der Waals surface area contributed by atoms with Gasteiger partial charge < -0.3 is 30.5 Å². The van der Waals surface area contributed by atoms with Crippen LogP contribution in [0.1, 0.15) is 18.1 Å². The minimum absolute atomic E-state index is 0.100. The molecule has 1 atom stereocenters. The maximum Gasteiger partial charge on any atom is 0.262 e. The third-order valence-corrected chi connectivity index (χ3v) is 4.17. The Morgan fingerprint density at radius 1 is 1.07 bits per heavy atom. The molecule has 1 unspecified atom stereocenters. The molecule has 1 amide bonds. The first kappa shape index (κ1) is 22.7. The zero-order valence-corrected chi connectivity index (χ0v) is 17.3. The van der Waals surface area contributed by atoms with E-state index >= 15 is 0 Å². The topological polar surface area (TPSA) is 91.8 Å². The molecule has 0 spiro atoms. The molecular formula is C22H31N3O4. The molecule has 0 aliphatic rings. The molecule has 0 aromatic heterocycles. The van der Waals surface area contributed by atoms with Gasteiger partial charge in [-0.1, -0.05) is 23.8 Å². The highest BCUT2D eigenvalue weighted by atomic mass is 16.5. The summed E-state index contributed by atoms with van der Waals surface area (Å²) in [5, 5.41) is 18.5. The van der Waals surface area contributed by atoms with Crippen molar-refractivity contribution < 1.29 is 19.4 Å². The number of amides is 1. The molecule has 29 heavy (non-hydrogen) atoms. The van der Waals surface area contributed by atoms with Crippen molar-refractivity contribution >= 4 is 11.6 Å². The maximum atomic E-state index is 12.1. The number of ether oxygens (including phenoxy) is 2. The van der Waals surface area contributed by atoms with Crippen LogP contribution in [0.4, 0.5) is 5.69 Å². The van der Waals surface area contributed by atoms with Gasteiger partial charge in [0, 0.05) is 31.9 Å². The average Bonchev–Trinajstić information content (AvgIpc) is 2.70. The van der Waals surface area contributed by atoms with Crippen LogP contribution in [-0.4, -0.2) is 50.5 Å². The summed E-state index contributed by atoms with van der Waals surface area (Å²) in [5.74, 6) is 0.875. The summed E-state index contributed by atoms with van der Waals surface area (Å²) in [5.41, 5.74) is 2.92. The quantitative estimate of drug-likeness (QED) is 0.407. The monoisotopic (exact) mass is 401 g/mol. The van der Waals surface area contributed by atoms with Gasteiger partial charge in [0.1, 0.15) is 0 Å². The largest absolute Gasteiger partial charge is 0.493 e. The van der Waals surface area contributed by atoms with Gasteiger partial charge >= 0.3 is 0 Å². The highest BCUT2D eigenvalue weighted by molar-refractivity contribution is 5.91. The molecule has 7 heteroatoms. The highest BCUT2D eigenvalue weighted by Crippen LogP contribution is 2.28. The Morgan fingerprint density at radius 3 is 2.48 bits per heavy atom. The fraction of sp³-hybridized carbons (Fsp3) is 0.409. The number of carbonyl (C=O) groups is 1. The van der Waals surface area contributed by atoms with Gasteiger partial charge in [-0.15, -0.1) is 0 Å². The van der Waals surface area contributed by atoms with Crippen molar-refractivity contribution in [2.75, 3.05) is 38.7 Å². The van der Waals surface area contributed by atoms with E-state index in [0.717, 1.165) is 29.9 Å². The third-order valence-electron chi connectivity index (χ3n) is 4.17. The molecule has 7 nitrogen and oxygen atoms in total. The number of anilines is 1. The van der Waals surface area contributed by atoms with Crippen molar-refractivity contribution in [1.29, 1.82) is 0 Å². The summed E-state index contributed by atoms with van der Waals surface area (Å²) in [6.45, 7) is 6.47. The lowest BCUT2D eigenvalue weighted by Crippen LogP contribution is -2.31. The van der Waals surface area contributed by atoms with Gasteiger partial charge in [0.2, 0.25) is 0 Å². The Morgan fingerprint density at radius 2 is 1.79 bits per heavy atom. The Balaban J connectivity index is 1.78. The predicted molar refractivity (Wildman–Crippen MR) is 115 cm³/mol. The molecule has 0 aliphatic heterocycles. The van der Waals surface area contributed by atoms with Crippen LogP contribution < -0.4 is 25.4 Å². The van der Waals surface area contributed by atoms with Crippen molar-refractivity contribution in [1.82, 2.24) is 10.6 Å². The number of benzene rings is 2. The number of rotatable bonds is 12. The van der Waals surface area contributed by atoms with Gasteiger partial charge in [-0.2, -0.15) is 0 Å². The van der Waals surface area contributed by atoms with E-state index in [0.29, 0.717) is 24.6 Å². The number of aliphatic hydroxyl groups is 1. The molecule has 2 aromatic carbocycles. The fourth-order valence-electron chi connectivity index (χ4n) is 2.64. The van der Waals surface area contributed by atoms with Crippen LogP contribution in [0.2, 0.25) is 0 Å². The molecule has 4 N–H and O–H groups in total. The van der Waals surface area contributed by atoms with Gasteiger partial charge in [0.05, 0.1) is 13.2 Å². The summed E-state index contributed by atoms with van der Waals surface area (Å²) in [6, 6.07) is 13.2. The lowest BCUT2D eigenvalue weighted by Gasteiger charge is -2.13. The molecule has 0 aliphatic carbocycles. The summed E-state index contributed by atoms with van der Waals surface area (Å²) < 4.78 is 11.0. The highest BCUT2D eigenvalue weighted by Gasteiger charge is 2.09. The second-order valence-electron chi connectivity index (χ2n) is 6.92. The van der Waals surface area contributed by atoms with Crippen molar-refractivity contribution in [3.63, 3.8) is 0 Å². The lowest BCUT2D eigenvalue weighted by molar-refractivity contribution is -0.118. The van der Waals surface area contributed by atoms with Crippen LogP contribution in [0.15, 0.2) is 42.5 Å². The van der Waals surface area contributed by atoms with Crippen LogP contribution in [0.25, 0.3) is 0 Å². The smallest absolute Gasteiger partial charge is 0.262 e. The second kappa shape index (κ2) is 12.1. The van der Waals surface area contributed by atoms with E-state index in [-0.39, 0.29) is 18.6 Å². The van der Waals surface area contributed by atoms with Gasteiger partial charge in [-0.25, -0.2) is 0 Å². The van der Waals surface area contributed by atoms with Crippen LogP contribution >= 0.6 is 0 Å². The zero-order valence-electron chi connectivity index (χ0n) is 17.3. The van der Waals surface area contributed by atoms with Crippen LogP contribution in [0.3, 0.4) is 0 Å². The number of methoxy groups -OCH3 is 1. The number of carbonyl (C=O) groups excluding carboxylic acids is 1. The standard InChI is InChI=1S/C22H31N3O4/c1-16-4-7-19(8-5-16)25-22(27)15-29-20-9-6-18(12-21(20)28-3)14-24-11-10-23-13-17(2)26/h4-9,12,17,23-24,26H,10-11,13-15H2,1-3H3,(H,25,27). The van der Waals surface area contributed by atoms with E-state index < -0.39 is 0 Å². The Labute approximate surface area is 172 Å². The lowest BCUT2D eigenvalue weighted by atomic mass is 10.2. The van der Waals surface area contributed by atoms with E-state index in [9.17, 15) is 9.90 Å². The Kier molecular flexibility index (Phi) is 9.43. The molecule has 2 rings (SSSR count). The molecule has 158 valence electrons. The van der Waals surface area contributed by atoms with Gasteiger partial charge in [-0.3, -0.25) is 4.79 Å². The van der Waals surface area contributed by atoms with Crippen LogP contribution in [0.5, 0.6) is 11.5 Å². The first-order chi connectivity index (χ1) is 14.0. The summed E-state index contributed by atoms with van der Waals surface area (Å²) in [4.78, 5) is 12.1. The first-order valence-electron chi connectivity index (χ1n) is 9.73. The first-order valence-corrected chi connectivity index (χ1v) is 9.73. The van der Waals surface area contributed by atoms with E-state index in [1.54, 1.807) is 20.1 Å². The summed E-state index contributed by atoms with van der Waals surface area (Å²) in [7, 11) is 1.58. The average molecular weight is 402 g/mol. The Bertz CT molecular complexity index is 763. The minimum atomic E-state index is -0.342. The molecule has 0 saturated heterocycles. The molecule has 0 heterocycles. The Hall–Kier alpha value is -2.61. The molecular weight excluding hydrogens is 370 g/mol. The molecule has 0 bridgehead atoms. The number of hydrogen-bond donors (Lipinski definition) is 4. The van der Waals surface area contributed by atoms with E-state index in [1.165, 1.54) is 0 Å². The minimum Gasteiger partial charge on any atom is -0.493 e. The van der Waals surface area contributed by atoms with E-state index in [1.807, 2.05) is 43.3 Å². The normalized spacial score (nSPS) is 11.7. The predicted octanol–water partition coefficient (Wildman–Crippen LogP) is 2.08. The molecule has 0 radical (unpaired) electrons. The number of aryl methyl sites for hydroxylation is 1. The summed E-state index contributed by atoms with van der Waals surface area (Å²) >= 11 is 0. The van der Waals surface area contributed by atoms with Crippen LogP contribution in [0, 0.1) is 6.92 Å². The van der Waals surface area contributed by atoms with Crippen molar-refractivity contribution in [2.45, 2.75) is 26.5 Å². The molecule has 0 saturated carbocycles. The van der Waals surface area contributed by atoms with Gasteiger partial charge in [-0.05, 0) is 43.7 Å². The third kappa shape index (κ3) is 8.51. The SMILES string of the molecule is COc1cc(CNCCNCC(C)O)ccc1OCC(=O)Nc1ccc(C)cc1. The van der Waals surface area contributed by atoms with E-state index in [4.69, 9.17) is 9.47 Å². The van der Waals surface area contributed by atoms with Crippen molar-refractivity contribution in [3.05, 3.63) is 53.6 Å². The number of nitrogens with one attached hydrogen (secondary N) is 3. The van der Waals surface area contributed by atoms with Crippen LogP contribution in [-0.2, 0) is 11.3 Å².